The van der Waals surface area contributed by atoms with E-state index < -0.39 is 0 Å². The second-order valence-corrected chi connectivity index (χ2v) is 9.55. The van der Waals surface area contributed by atoms with Crippen molar-refractivity contribution in [3.63, 3.8) is 0 Å². The number of amides is 1. The Hall–Kier alpha value is -3.70. The van der Waals surface area contributed by atoms with Gasteiger partial charge < -0.3 is 19.3 Å². The van der Waals surface area contributed by atoms with E-state index in [1.54, 1.807) is 20.4 Å². The van der Waals surface area contributed by atoms with E-state index in [-0.39, 0.29) is 11.9 Å². The zero-order valence-electron chi connectivity index (χ0n) is 21.0. The highest BCUT2D eigenvalue weighted by Gasteiger charge is 2.33. The Kier molecular flexibility index (Phi) is 6.75. The van der Waals surface area contributed by atoms with Gasteiger partial charge in [-0.15, -0.1) is 0 Å². The molecule has 2 aliphatic rings. The molecule has 36 heavy (non-hydrogen) atoms. The summed E-state index contributed by atoms with van der Waals surface area (Å²) in [5.74, 6) is 1.90. The molecule has 0 bridgehead atoms. The fourth-order valence-corrected chi connectivity index (χ4v) is 5.16. The van der Waals surface area contributed by atoms with E-state index in [0.717, 1.165) is 40.4 Å². The number of nitriles is 1. The van der Waals surface area contributed by atoms with E-state index in [2.05, 4.69) is 28.9 Å². The normalized spacial score (nSPS) is 17.8. The van der Waals surface area contributed by atoms with E-state index in [4.69, 9.17) is 14.5 Å². The summed E-state index contributed by atoms with van der Waals surface area (Å²) in [6.45, 7) is 4.35. The van der Waals surface area contributed by atoms with Gasteiger partial charge >= 0.3 is 0 Å². The number of pyridine rings is 2. The quantitative estimate of drug-likeness (QED) is 0.497. The maximum atomic E-state index is 12.6. The summed E-state index contributed by atoms with van der Waals surface area (Å²) in [4.78, 5) is 26.1. The molecule has 1 aromatic carbocycles. The topological polar surface area (TPSA) is 91.6 Å². The van der Waals surface area contributed by atoms with Crippen LogP contribution >= 0.6 is 0 Å². The predicted octanol–water partition coefficient (Wildman–Crippen LogP) is 4.13. The van der Waals surface area contributed by atoms with Gasteiger partial charge in [-0.05, 0) is 31.4 Å². The lowest BCUT2D eigenvalue weighted by atomic mass is 9.94. The van der Waals surface area contributed by atoms with Crippen LogP contribution in [0.3, 0.4) is 0 Å². The molecule has 186 valence electrons. The lowest BCUT2D eigenvalue weighted by Gasteiger charge is -2.41. The van der Waals surface area contributed by atoms with Gasteiger partial charge in [0.05, 0.1) is 37.6 Å². The molecule has 0 spiro atoms. The minimum atomic E-state index is 0.0235. The number of aromatic nitrogens is 2. The molecule has 2 aromatic heterocycles. The third-order valence-electron chi connectivity index (χ3n) is 7.14. The van der Waals surface area contributed by atoms with Gasteiger partial charge in [-0.1, -0.05) is 18.2 Å². The summed E-state index contributed by atoms with van der Waals surface area (Å²) in [5, 5.41) is 12.1. The average molecular weight is 486 g/mol. The van der Waals surface area contributed by atoms with Crippen LogP contribution < -0.4 is 9.64 Å². The van der Waals surface area contributed by atoms with E-state index in [9.17, 15) is 10.1 Å². The van der Waals surface area contributed by atoms with E-state index in [1.807, 2.05) is 29.3 Å². The van der Waals surface area contributed by atoms with Gasteiger partial charge in [0.25, 0.3) is 0 Å². The Bertz CT molecular complexity index is 1330. The highest BCUT2D eigenvalue weighted by atomic mass is 16.5. The summed E-state index contributed by atoms with van der Waals surface area (Å²) in [7, 11) is 3.26. The molecule has 8 heteroatoms. The molecule has 1 amide bonds. The van der Waals surface area contributed by atoms with Crippen LogP contribution in [0.4, 0.5) is 5.82 Å². The average Bonchev–Trinajstić information content (AvgIpc) is 3.75. The van der Waals surface area contributed by atoms with Crippen LogP contribution in [0, 0.1) is 11.3 Å². The highest BCUT2D eigenvalue weighted by molar-refractivity contribution is 6.01. The fourth-order valence-electron chi connectivity index (χ4n) is 5.16. The van der Waals surface area contributed by atoms with Crippen molar-refractivity contribution in [2.24, 2.45) is 0 Å². The first kappa shape index (κ1) is 24.0. The van der Waals surface area contributed by atoms with Crippen molar-refractivity contribution < 1.29 is 14.3 Å². The molecule has 1 aliphatic heterocycles. The molecule has 0 unspecified atom stereocenters. The largest absolute Gasteiger partial charge is 0.494 e. The van der Waals surface area contributed by atoms with Crippen molar-refractivity contribution in [1.82, 2.24) is 14.9 Å². The number of hydrogen-bond acceptors (Lipinski definition) is 7. The monoisotopic (exact) mass is 485 g/mol. The van der Waals surface area contributed by atoms with E-state index in [0.29, 0.717) is 55.7 Å². The third kappa shape index (κ3) is 4.47. The molecule has 1 aliphatic carbocycles. The van der Waals surface area contributed by atoms with Crippen LogP contribution in [0.1, 0.15) is 43.4 Å². The molecule has 3 heterocycles. The van der Waals surface area contributed by atoms with Gasteiger partial charge in [0.1, 0.15) is 17.6 Å². The Labute approximate surface area is 211 Å². The van der Waals surface area contributed by atoms with Crippen LogP contribution in [0.5, 0.6) is 5.75 Å². The lowest BCUT2D eigenvalue weighted by molar-refractivity contribution is -0.134. The first-order chi connectivity index (χ1) is 17.5. The second-order valence-electron chi connectivity index (χ2n) is 9.55. The number of rotatable bonds is 7. The first-order valence-electron chi connectivity index (χ1n) is 12.4. The number of hydrogen-bond donors (Lipinski definition) is 0. The number of benzene rings is 1. The van der Waals surface area contributed by atoms with Gasteiger partial charge in [-0.3, -0.25) is 9.78 Å². The maximum Gasteiger partial charge on any atom is 0.225 e. The van der Waals surface area contributed by atoms with E-state index >= 15 is 0 Å². The lowest BCUT2D eigenvalue weighted by Crippen LogP contribution is -2.54. The summed E-state index contributed by atoms with van der Waals surface area (Å²) in [6, 6.07) is 10.5. The van der Waals surface area contributed by atoms with Crippen LogP contribution in [-0.2, 0) is 9.53 Å². The number of piperazine rings is 1. The van der Waals surface area contributed by atoms with Crippen LogP contribution in [0.15, 0.2) is 36.7 Å². The number of fused-ring (bicyclic) bond motifs is 1. The summed E-state index contributed by atoms with van der Waals surface area (Å²) in [6.07, 6.45) is 6.12. The summed E-state index contributed by atoms with van der Waals surface area (Å²) < 4.78 is 10.7. The van der Waals surface area contributed by atoms with Crippen molar-refractivity contribution in [3.8, 4) is 22.9 Å². The van der Waals surface area contributed by atoms with Crippen molar-refractivity contribution in [2.45, 2.75) is 38.1 Å². The fraction of sp³-hybridized carbons (Fsp3) is 0.429. The Morgan fingerprint density at radius 1 is 1.19 bits per heavy atom. The molecule has 0 radical (unpaired) electrons. The van der Waals surface area contributed by atoms with Gasteiger partial charge in [-0.25, -0.2) is 4.98 Å². The molecule has 1 atom stereocenters. The van der Waals surface area contributed by atoms with E-state index in [1.165, 1.54) is 0 Å². The smallest absolute Gasteiger partial charge is 0.225 e. The van der Waals surface area contributed by atoms with Crippen LogP contribution in [0.2, 0.25) is 0 Å². The van der Waals surface area contributed by atoms with Crippen molar-refractivity contribution >= 4 is 22.5 Å². The number of nitrogens with zero attached hydrogens (tertiary/aromatic N) is 5. The first-order valence-corrected chi connectivity index (χ1v) is 12.4. The molecule has 8 nitrogen and oxygen atoms in total. The molecule has 2 fully saturated rings. The molecular formula is C28H31N5O3. The second kappa shape index (κ2) is 10.1. The molecule has 5 rings (SSSR count). The SMILES string of the molecule is COCCC(=O)N1CCN(c2nc(C3CC3)c(-c3cccc4cncc(OC)c34)cc2C#N)C[C@H]1C. The molecule has 1 saturated carbocycles. The maximum absolute atomic E-state index is 12.6. The number of ether oxygens (including phenoxy) is 2. The molecule has 1 saturated heterocycles. The van der Waals surface area contributed by atoms with Gasteiger partial charge in [0.2, 0.25) is 5.91 Å². The Balaban J connectivity index is 1.54. The molecular weight excluding hydrogens is 454 g/mol. The molecule has 0 N–H and O–H groups in total. The van der Waals surface area contributed by atoms with Crippen LogP contribution in [-0.4, -0.2) is 67.3 Å². The predicted molar refractivity (Wildman–Crippen MR) is 138 cm³/mol. The van der Waals surface area contributed by atoms with Crippen LogP contribution in [0.25, 0.3) is 21.9 Å². The summed E-state index contributed by atoms with van der Waals surface area (Å²) in [5.41, 5.74) is 3.56. The standard InChI is InChI=1S/C28H31N5O3/c1-18-17-32(10-11-33(18)25(34)9-12-35-2)28-21(14-29)13-23(27(31-28)19-7-8-19)22-6-4-5-20-15-30-16-24(36-3)26(20)22/h4-6,13,15-16,18-19H,7-12,17H2,1-3H3/t18-/m1/s1. The van der Waals surface area contributed by atoms with Gasteiger partial charge in [-0.2, -0.15) is 5.26 Å². The van der Waals surface area contributed by atoms with Crippen molar-refractivity contribution in [2.75, 3.05) is 45.4 Å². The molecule has 3 aromatic rings. The van der Waals surface area contributed by atoms with Gasteiger partial charge in [0.15, 0.2) is 0 Å². The van der Waals surface area contributed by atoms with Crippen molar-refractivity contribution in [3.05, 3.63) is 47.9 Å². The number of anilines is 1. The minimum absolute atomic E-state index is 0.0235. The minimum Gasteiger partial charge on any atom is -0.494 e. The highest BCUT2D eigenvalue weighted by Crippen LogP contribution is 2.47. The zero-order chi connectivity index (χ0) is 25.2. The number of methoxy groups -OCH3 is 2. The zero-order valence-corrected chi connectivity index (χ0v) is 21.0. The Morgan fingerprint density at radius 2 is 2.03 bits per heavy atom. The van der Waals surface area contributed by atoms with Crippen molar-refractivity contribution in [1.29, 1.82) is 5.26 Å². The number of carbonyl (C=O) groups is 1. The number of carbonyl (C=O) groups excluding carboxylic acids is 1. The Morgan fingerprint density at radius 3 is 2.72 bits per heavy atom. The summed E-state index contributed by atoms with van der Waals surface area (Å²) >= 11 is 0. The van der Waals surface area contributed by atoms with Gasteiger partial charge in [0, 0.05) is 61.2 Å². The third-order valence-corrected chi connectivity index (χ3v) is 7.14.